The van der Waals surface area contributed by atoms with E-state index in [1.54, 1.807) is 6.33 Å². The molecule has 2 aromatic rings. The summed E-state index contributed by atoms with van der Waals surface area (Å²) in [6.45, 7) is 1.46. The van der Waals surface area contributed by atoms with Gasteiger partial charge in [0.05, 0.1) is 6.33 Å². The Morgan fingerprint density at radius 1 is 1.27 bits per heavy atom. The molecule has 82 valence electrons. The lowest BCUT2D eigenvalue weighted by molar-refractivity contribution is 0.661. The number of hydrogen-bond donors (Lipinski definition) is 2. The van der Waals surface area contributed by atoms with Crippen LogP contribution in [0.2, 0.25) is 0 Å². The fourth-order valence-electron chi connectivity index (χ4n) is 1.32. The molecule has 2 heterocycles. The maximum atomic E-state index is 5.65. The van der Waals surface area contributed by atoms with E-state index in [9.17, 15) is 0 Å². The number of rotatable bonds is 3. The van der Waals surface area contributed by atoms with Crippen LogP contribution in [0.3, 0.4) is 0 Å². The number of nitrogens with two attached hydrogens (primary N) is 2. The normalized spacial score (nSPS) is 10.2. The van der Waals surface area contributed by atoms with Crippen molar-refractivity contribution in [1.82, 2.24) is 19.5 Å². The fourth-order valence-corrected chi connectivity index (χ4v) is 1.32. The standard InChI is InChI=1S/C8H12N6.ClH/c9-2-1-3-14-5-13-6-7(10)11-4-12-8(6)14;/h4-5H,1-3,9H2,(H2,10,11,12);1H. The van der Waals surface area contributed by atoms with Gasteiger partial charge < -0.3 is 16.0 Å². The molecule has 0 fully saturated rings. The van der Waals surface area contributed by atoms with Crippen molar-refractivity contribution in [3.63, 3.8) is 0 Å². The van der Waals surface area contributed by atoms with E-state index in [0.29, 0.717) is 17.9 Å². The first-order chi connectivity index (χ1) is 6.83. The zero-order chi connectivity index (χ0) is 9.97. The summed E-state index contributed by atoms with van der Waals surface area (Å²) in [5, 5.41) is 0. The van der Waals surface area contributed by atoms with Gasteiger partial charge in [0.1, 0.15) is 11.8 Å². The maximum absolute atomic E-state index is 5.65. The molecule has 0 aliphatic heterocycles. The molecule has 0 atom stereocenters. The summed E-state index contributed by atoms with van der Waals surface area (Å²) < 4.78 is 1.93. The Hall–Kier alpha value is -1.40. The van der Waals surface area contributed by atoms with E-state index in [1.165, 1.54) is 6.33 Å². The van der Waals surface area contributed by atoms with Crippen LogP contribution < -0.4 is 11.5 Å². The molecule has 0 unspecified atom stereocenters. The Morgan fingerprint density at radius 3 is 2.80 bits per heavy atom. The van der Waals surface area contributed by atoms with Gasteiger partial charge in [0, 0.05) is 6.54 Å². The molecule has 2 rings (SSSR count). The second-order valence-electron chi connectivity index (χ2n) is 3.01. The van der Waals surface area contributed by atoms with Crippen LogP contribution >= 0.6 is 12.4 Å². The van der Waals surface area contributed by atoms with Crippen molar-refractivity contribution in [2.75, 3.05) is 12.3 Å². The quantitative estimate of drug-likeness (QED) is 0.781. The molecule has 2 aromatic heterocycles. The van der Waals surface area contributed by atoms with Crippen molar-refractivity contribution < 1.29 is 0 Å². The third-order valence-corrected chi connectivity index (χ3v) is 2.03. The molecule has 6 nitrogen and oxygen atoms in total. The molecule has 0 aromatic carbocycles. The number of anilines is 1. The Labute approximate surface area is 93.1 Å². The van der Waals surface area contributed by atoms with Crippen LogP contribution in [0.25, 0.3) is 11.2 Å². The van der Waals surface area contributed by atoms with E-state index in [2.05, 4.69) is 15.0 Å². The Kier molecular flexibility index (Phi) is 3.81. The molecule has 0 spiro atoms. The number of aryl methyl sites for hydroxylation is 1. The van der Waals surface area contributed by atoms with Crippen LogP contribution in [0.1, 0.15) is 6.42 Å². The van der Waals surface area contributed by atoms with Crippen molar-refractivity contribution in [3.05, 3.63) is 12.7 Å². The van der Waals surface area contributed by atoms with Crippen molar-refractivity contribution in [2.24, 2.45) is 5.73 Å². The van der Waals surface area contributed by atoms with Crippen molar-refractivity contribution in [2.45, 2.75) is 13.0 Å². The van der Waals surface area contributed by atoms with Crippen LogP contribution in [0, 0.1) is 0 Å². The van der Waals surface area contributed by atoms with Crippen molar-refractivity contribution >= 4 is 29.4 Å². The predicted molar refractivity (Wildman–Crippen MR) is 60.7 cm³/mol. The van der Waals surface area contributed by atoms with E-state index in [-0.39, 0.29) is 12.4 Å². The van der Waals surface area contributed by atoms with Crippen LogP contribution in [0.4, 0.5) is 5.82 Å². The van der Waals surface area contributed by atoms with Gasteiger partial charge in [0.2, 0.25) is 0 Å². The van der Waals surface area contributed by atoms with Gasteiger partial charge in [-0.05, 0) is 13.0 Å². The molecule has 0 amide bonds. The highest BCUT2D eigenvalue weighted by Crippen LogP contribution is 2.13. The number of nitrogen functional groups attached to an aromatic ring is 1. The molecule has 0 radical (unpaired) electrons. The molecule has 0 saturated heterocycles. The van der Waals surface area contributed by atoms with E-state index in [0.717, 1.165) is 18.6 Å². The van der Waals surface area contributed by atoms with Crippen LogP contribution in [-0.4, -0.2) is 26.1 Å². The zero-order valence-corrected chi connectivity index (χ0v) is 8.94. The fraction of sp³-hybridized carbons (Fsp3) is 0.375. The lowest BCUT2D eigenvalue weighted by Gasteiger charge is -2.00. The molecule has 4 N–H and O–H groups in total. The first-order valence-corrected chi connectivity index (χ1v) is 4.44. The topological polar surface area (TPSA) is 95.6 Å². The molecule has 0 saturated carbocycles. The Bertz CT molecular complexity index is 440. The van der Waals surface area contributed by atoms with E-state index < -0.39 is 0 Å². The minimum atomic E-state index is 0. The van der Waals surface area contributed by atoms with Crippen LogP contribution in [0.15, 0.2) is 12.7 Å². The summed E-state index contributed by atoms with van der Waals surface area (Å²) in [5.74, 6) is 0.418. The highest BCUT2D eigenvalue weighted by Gasteiger charge is 2.06. The van der Waals surface area contributed by atoms with Crippen molar-refractivity contribution in [3.8, 4) is 0 Å². The second-order valence-corrected chi connectivity index (χ2v) is 3.01. The Balaban J connectivity index is 0.00000112. The highest BCUT2D eigenvalue weighted by molar-refractivity contribution is 5.85. The number of aromatic nitrogens is 4. The number of halogens is 1. The lowest BCUT2D eigenvalue weighted by Crippen LogP contribution is -2.05. The first-order valence-electron chi connectivity index (χ1n) is 4.44. The van der Waals surface area contributed by atoms with Gasteiger partial charge in [-0.2, -0.15) is 0 Å². The molecule has 15 heavy (non-hydrogen) atoms. The third-order valence-electron chi connectivity index (χ3n) is 2.03. The van der Waals surface area contributed by atoms with E-state index in [1.807, 2.05) is 4.57 Å². The molecular formula is C8H13ClN6. The Morgan fingerprint density at radius 2 is 2.07 bits per heavy atom. The smallest absolute Gasteiger partial charge is 0.165 e. The number of fused-ring (bicyclic) bond motifs is 1. The average Bonchev–Trinajstić information content (AvgIpc) is 2.60. The average molecular weight is 229 g/mol. The summed E-state index contributed by atoms with van der Waals surface area (Å²) in [6, 6.07) is 0. The molecule has 0 aliphatic carbocycles. The van der Waals surface area contributed by atoms with Crippen molar-refractivity contribution in [1.29, 1.82) is 0 Å². The zero-order valence-electron chi connectivity index (χ0n) is 8.13. The van der Waals surface area contributed by atoms with Gasteiger partial charge in [-0.25, -0.2) is 15.0 Å². The van der Waals surface area contributed by atoms with Crippen LogP contribution in [-0.2, 0) is 6.54 Å². The van der Waals surface area contributed by atoms with Gasteiger partial charge in [-0.1, -0.05) is 0 Å². The van der Waals surface area contributed by atoms with E-state index in [4.69, 9.17) is 11.5 Å². The molecule has 0 bridgehead atoms. The molecular weight excluding hydrogens is 216 g/mol. The highest BCUT2D eigenvalue weighted by atomic mass is 35.5. The monoisotopic (exact) mass is 228 g/mol. The van der Waals surface area contributed by atoms with Gasteiger partial charge in [-0.15, -0.1) is 12.4 Å². The molecule has 0 aliphatic rings. The summed E-state index contributed by atoms with van der Waals surface area (Å²) in [7, 11) is 0. The second kappa shape index (κ2) is 4.90. The largest absolute Gasteiger partial charge is 0.382 e. The summed E-state index contributed by atoms with van der Waals surface area (Å²) in [4.78, 5) is 12.1. The van der Waals surface area contributed by atoms with Crippen LogP contribution in [0.5, 0.6) is 0 Å². The SMILES string of the molecule is Cl.NCCCn1cnc2c(N)ncnc21. The predicted octanol–water partition coefficient (Wildman–Crippen LogP) is 0.179. The molecule has 7 heteroatoms. The minimum Gasteiger partial charge on any atom is -0.382 e. The maximum Gasteiger partial charge on any atom is 0.165 e. The number of nitrogens with zero attached hydrogens (tertiary/aromatic N) is 4. The number of hydrogen-bond acceptors (Lipinski definition) is 5. The van der Waals surface area contributed by atoms with Gasteiger partial charge in [-0.3, -0.25) is 0 Å². The first kappa shape index (κ1) is 11.7. The third kappa shape index (κ3) is 2.16. The summed E-state index contributed by atoms with van der Waals surface area (Å²) in [6.07, 6.45) is 4.05. The van der Waals surface area contributed by atoms with E-state index >= 15 is 0 Å². The minimum absolute atomic E-state index is 0. The lowest BCUT2D eigenvalue weighted by atomic mass is 10.4. The van der Waals surface area contributed by atoms with Gasteiger partial charge in [0.25, 0.3) is 0 Å². The van der Waals surface area contributed by atoms with Gasteiger partial charge >= 0.3 is 0 Å². The summed E-state index contributed by atoms with van der Waals surface area (Å²) >= 11 is 0. The summed E-state index contributed by atoms with van der Waals surface area (Å²) in [5.41, 5.74) is 12.5. The van der Waals surface area contributed by atoms with Gasteiger partial charge in [0.15, 0.2) is 11.5 Å². The number of imidazole rings is 1.